The summed E-state index contributed by atoms with van der Waals surface area (Å²) in [5, 5.41) is 0. The maximum atomic E-state index is 12.4. The second-order valence-electron chi connectivity index (χ2n) is 15.0. The van der Waals surface area contributed by atoms with Crippen LogP contribution in [0.4, 0.5) is 4.79 Å². The predicted octanol–water partition coefficient (Wildman–Crippen LogP) is 12.6. The van der Waals surface area contributed by atoms with Crippen molar-refractivity contribution in [3.05, 3.63) is 24.3 Å². The molecule has 0 aliphatic heterocycles. The summed E-state index contributed by atoms with van der Waals surface area (Å²) in [5.74, 6) is -0.219. The van der Waals surface area contributed by atoms with Crippen molar-refractivity contribution in [2.24, 2.45) is 0 Å². The standard InChI is InChI=1S/C45H83NO7/c1-5-7-9-11-12-13-14-15-16-17-18-19-23-27-31-36-44(48)51-41-37-42(53-45(49)52-40-33-38-46(3)4)34-29-26-22-20-21-24-28-32-39-50-43(47)35-30-25-10-8-6-2/h12-13,15-16,42H,5-11,14,17-41H2,1-4H3/b13-12-,16-15-. The van der Waals surface area contributed by atoms with Gasteiger partial charge in [-0.25, -0.2) is 4.79 Å². The molecule has 0 fully saturated rings. The van der Waals surface area contributed by atoms with Gasteiger partial charge >= 0.3 is 18.1 Å². The highest BCUT2D eigenvalue weighted by Crippen LogP contribution is 2.16. The summed E-state index contributed by atoms with van der Waals surface area (Å²) in [6, 6.07) is 0. The molecular weight excluding hydrogens is 666 g/mol. The normalized spacial score (nSPS) is 12.2. The molecule has 0 aliphatic carbocycles. The topological polar surface area (TPSA) is 91.4 Å². The Bertz CT molecular complexity index is 888. The lowest BCUT2D eigenvalue weighted by Crippen LogP contribution is -2.23. The fourth-order valence-corrected chi connectivity index (χ4v) is 6.09. The second-order valence-corrected chi connectivity index (χ2v) is 15.0. The van der Waals surface area contributed by atoms with Gasteiger partial charge in [0.2, 0.25) is 0 Å². The van der Waals surface area contributed by atoms with Crippen molar-refractivity contribution in [3.8, 4) is 0 Å². The molecule has 1 unspecified atom stereocenters. The largest absolute Gasteiger partial charge is 0.508 e. The molecule has 0 amide bonds. The van der Waals surface area contributed by atoms with Crippen LogP contribution >= 0.6 is 0 Å². The number of allylic oxidation sites excluding steroid dienone is 4. The predicted molar refractivity (Wildman–Crippen MR) is 220 cm³/mol. The Morgan fingerprint density at radius 1 is 0.491 bits per heavy atom. The van der Waals surface area contributed by atoms with Crippen molar-refractivity contribution in [1.82, 2.24) is 4.90 Å². The number of hydrogen-bond donors (Lipinski definition) is 0. The van der Waals surface area contributed by atoms with Crippen LogP contribution in [0.5, 0.6) is 0 Å². The number of nitrogens with zero attached hydrogens (tertiary/aromatic N) is 1. The fourth-order valence-electron chi connectivity index (χ4n) is 6.09. The molecule has 0 saturated carbocycles. The first-order valence-corrected chi connectivity index (χ1v) is 22.0. The molecular formula is C45H83NO7. The van der Waals surface area contributed by atoms with Gasteiger partial charge in [-0.2, -0.15) is 0 Å². The number of ether oxygens (including phenoxy) is 4. The molecule has 0 saturated heterocycles. The van der Waals surface area contributed by atoms with Gasteiger partial charge in [0, 0.05) is 25.8 Å². The Hall–Kier alpha value is -2.35. The molecule has 0 aliphatic rings. The lowest BCUT2D eigenvalue weighted by atomic mass is 10.0. The Morgan fingerprint density at radius 3 is 1.57 bits per heavy atom. The van der Waals surface area contributed by atoms with Crippen molar-refractivity contribution in [1.29, 1.82) is 0 Å². The summed E-state index contributed by atoms with van der Waals surface area (Å²) in [5.41, 5.74) is 0. The van der Waals surface area contributed by atoms with Crippen LogP contribution in [0.3, 0.4) is 0 Å². The zero-order chi connectivity index (χ0) is 38.9. The molecule has 53 heavy (non-hydrogen) atoms. The molecule has 0 radical (unpaired) electrons. The van der Waals surface area contributed by atoms with Gasteiger partial charge in [0.25, 0.3) is 0 Å². The van der Waals surface area contributed by atoms with Gasteiger partial charge in [-0.1, -0.05) is 134 Å². The SMILES string of the molecule is CCCCC/C=C\C/C=C\CCCCCCCC(=O)OCCC(CCCCCCCCCCOC(=O)CCCCCCC)OC(=O)OCCCN(C)C. The smallest absolute Gasteiger partial charge is 0.466 e. The van der Waals surface area contributed by atoms with E-state index in [4.69, 9.17) is 18.9 Å². The first-order chi connectivity index (χ1) is 25.9. The van der Waals surface area contributed by atoms with Crippen molar-refractivity contribution >= 4 is 18.1 Å². The lowest BCUT2D eigenvalue weighted by Gasteiger charge is -2.18. The highest BCUT2D eigenvalue weighted by atomic mass is 16.7. The van der Waals surface area contributed by atoms with Gasteiger partial charge in [0.1, 0.15) is 6.10 Å². The summed E-state index contributed by atoms with van der Waals surface area (Å²) in [7, 11) is 3.98. The Morgan fingerprint density at radius 2 is 0.962 bits per heavy atom. The van der Waals surface area contributed by atoms with Gasteiger partial charge in [-0.05, 0) is 84.7 Å². The van der Waals surface area contributed by atoms with Gasteiger partial charge in [0.05, 0.1) is 19.8 Å². The number of hydrogen-bond acceptors (Lipinski definition) is 8. The second kappa shape index (κ2) is 40.8. The molecule has 8 heteroatoms. The molecule has 0 aromatic carbocycles. The van der Waals surface area contributed by atoms with E-state index >= 15 is 0 Å². The van der Waals surface area contributed by atoms with Crippen LogP contribution < -0.4 is 0 Å². The third-order valence-electron chi connectivity index (χ3n) is 9.43. The zero-order valence-electron chi connectivity index (χ0n) is 35.0. The fraction of sp³-hybridized carbons (Fsp3) is 0.844. The highest BCUT2D eigenvalue weighted by molar-refractivity contribution is 5.69. The van der Waals surface area contributed by atoms with Crippen LogP contribution in [0, 0.1) is 0 Å². The van der Waals surface area contributed by atoms with E-state index in [1.54, 1.807) is 0 Å². The molecule has 0 aromatic rings. The molecule has 0 N–H and O–H groups in total. The first kappa shape index (κ1) is 50.6. The number of esters is 2. The minimum atomic E-state index is -0.636. The van der Waals surface area contributed by atoms with E-state index in [9.17, 15) is 14.4 Å². The average Bonchev–Trinajstić information content (AvgIpc) is 3.13. The molecule has 0 rings (SSSR count). The van der Waals surface area contributed by atoms with E-state index in [0.29, 0.717) is 32.5 Å². The minimum absolute atomic E-state index is 0.0491. The number of rotatable bonds is 39. The highest BCUT2D eigenvalue weighted by Gasteiger charge is 2.17. The maximum absolute atomic E-state index is 12.4. The Kier molecular flexibility index (Phi) is 39.0. The summed E-state index contributed by atoms with van der Waals surface area (Å²) in [6.07, 6.45) is 38.2. The van der Waals surface area contributed by atoms with Crippen molar-refractivity contribution in [2.75, 3.05) is 40.5 Å². The summed E-state index contributed by atoms with van der Waals surface area (Å²) < 4.78 is 21.9. The number of unbranched alkanes of at least 4 members (excludes halogenated alkanes) is 19. The number of carbonyl (C=O) groups excluding carboxylic acids is 3. The summed E-state index contributed by atoms with van der Waals surface area (Å²) >= 11 is 0. The van der Waals surface area contributed by atoms with E-state index in [1.807, 2.05) is 14.1 Å². The summed E-state index contributed by atoms with van der Waals surface area (Å²) in [6.45, 7) is 6.40. The molecule has 1 atom stereocenters. The average molecular weight is 750 g/mol. The Balaban J connectivity index is 4.10. The van der Waals surface area contributed by atoms with Gasteiger partial charge in [-0.15, -0.1) is 0 Å². The molecule has 0 aromatic heterocycles. The molecule has 0 bridgehead atoms. The van der Waals surface area contributed by atoms with E-state index in [2.05, 4.69) is 43.1 Å². The van der Waals surface area contributed by atoms with Gasteiger partial charge < -0.3 is 23.8 Å². The van der Waals surface area contributed by atoms with Crippen molar-refractivity contribution in [2.45, 2.75) is 206 Å². The monoisotopic (exact) mass is 750 g/mol. The summed E-state index contributed by atoms with van der Waals surface area (Å²) in [4.78, 5) is 38.6. The van der Waals surface area contributed by atoms with Crippen LogP contribution in [0.15, 0.2) is 24.3 Å². The molecule has 310 valence electrons. The van der Waals surface area contributed by atoms with Crippen LogP contribution in [0.1, 0.15) is 200 Å². The molecule has 0 spiro atoms. The van der Waals surface area contributed by atoms with E-state index < -0.39 is 6.16 Å². The zero-order valence-corrected chi connectivity index (χ0v) is 35.0. The van der Waals surface area contributed by atoms with Crippen molar-refractivity contribution < 1.29 is 33.3 Å². The first-order valence-electron chi connectivity index (χ1n) is 22.0. The minimum Gasteiger partial charge on any atom is -0.466 e. The van der Waals surface area contributed by atoms with Gasteiger partial charge in [0.15, 0.2) is 0 Å². The lowest BCUT2D eigenvalue weighted by molar-refractivity contribution is -0.145. The van der Waals surface area contributed by atoms with E-state index in [1.165, 1.54) is 70.6 Å². The third-order valence-corrected chi connectivity index (χ3v) is 9.43. The Labute approximate surface area is 326 Å². The van der Waals surface area contributed by atoms with Crippen LogP contribution in [0.25, 0.3) is 0 Å². The van der Waals surface area contributed by atoms with Crippen LogP contribution in [0.2, 0.25) is 0 Å². The van der Waals surface area contributed by atoms with Crippen LogP contribution in [-0.4, -0.2) is 69.6 Å². The van der Waals surface area contributed by atoms with Crippen LogP contribution in [-0.2, 0) is 28.5 Å². The van der Waals surface area contributed by atoms with E-state index in [-0.39, 0.29) is 24.6 Å². The molecule has 8 nitrogen and oxygen atoms in total. The van der Waals surface area contributed by atoms with Crippen molar-refractivity contribution in [3.63, 3.8) is 0 Å². The van der Waals surface area contributed by atoms with Gasteiger partial charge in [-0.3, -0.25) is 9.59 Å². The molecule has 0 heterocycles. The maximum Gasteiger partial charge on any atom is 0.508 e. The quantitative estimate of drug-likeness (QED) is 0.0265. The number of carbonyl (C=O) groups is 3. The van der Waals surface area contributed by atoms with E-state index in [0.717, 1.165) is 103 Å². The third kappa shape index (κ3) is 40.7.